The highest BCUT2D eigenvalue weighted by Gasteiger charge is 2.09. The third-order valence-corrected chi connectivity index (χ3v) is 3.46. The maximum atomic E-state index is 13.0. The Balaban J connectivity index is 2.02. The molecule has 2 rings (SSSR count). The van der Waals surface area contributed by atoms with Crippen molar-refractivity contribution < 1.29 is 9.50 Å². The Bertz CT molecular complexity index is 579. The number of nitrogens with one attached hydrogen (secondary N) is 1. The third-order valence-electron chi connectivity index (χ3n) is 2.65. The van der Waals surface area contributed by atoms with Gasteiger partial charge in [0.1, 0.15) is 5.82 Å². The molecule has 2 nitrogen and oxygen atoms in total. The lowest BCUT2D eigenvalue weighted by molar-refractivity contribution is 0.191. The molecule has 0 aromatic heterocycles. The molecular weight excluding hydrogens is 333 g/mol. The van der Waals surface area contributed by atoms with Gasteiger partial charge in [-0.25, -0.2) is 4.39 Å². The maximum absolute atomic E-state index is 13.0. The molecule has 0 aliphatic heterocycles. The van der Waals surface area contributed by atoms with Crippen LogP contribution in [-0.4, -0.2) is 11.7 Å². The highest BCUT2D eigenvalue weighted by atomic mass is 79.9. The average molecular weight is 345 g/mol. The second-order valence-electron chi connectivity index (χ2n) is 4.08. The monoisotopic (exact) mass is 343 g/mol. The summed E-state index contributed by atoms with van der Waals surface area (Å²) < 4.78 is 13.9. The summed E-state index contributed by atoms with van der Waals surface area (Å²) in [5.74, 6) is -0.363. The fraction of sp³-hybridized carbons (Fsp3) is 0.143. The zero-order chi connectivity index (χ0) is 13.8. The first-order chi connectivity index (χ1) is 9.06. The summed E-state index contributed by atoms with van der Waals surface area (Å²) in [6.07, 6.45) is -0.796. The molecule has 100 valence electrons. The van der Waals surface area contributed by atoms with Crippen molar-refractivity contribution in [3.05, 3.63) is 63.3 Å². The van der Waals surface area contributed by atoms with Gasteiger partial charge in [0.2, 0.25) is 0 Å². The topological polar surface area (TPSA) is 32.3 Å². The summed E-state index contributed by atoms with van der Waals surface area (Å²) in [6, 6.07) is 11.3. The average Bonchev–Trinajstić information content (AvgIpc) is 2.37. The fourth-order valence-electron chi connectivity index (χ4n) is 1.67. The van der Waals surface area contributed by atoms with Crippen molar-refractivity contribution in [1.29, 1.82) is 0 Å². The standard InChI is InChI=1S/C14H12BrClFNO/c15-10-4-5-13(12(16)7-10)18-8-14(19)9-2-1-3-11(17)6-9/h1-7,14,18-19H,8H2. The van der Waals surface area contributed by atoms with Crippen molar-refractivity contribution in [3.8, 4) is 0 Å². The van der Waals surface area contributed by atoms with Crippen LogP contribution in [0.15, 0.2) is 46.9 Å². The molecule has 0 radical (unpaired) electrons. The second-order valence-corrected chi connectivity index (χ2v) is 5.40. The van der Waals surface area contributed by atoms with Crippen molar-refractivity contribution in [2.75, 3.05) is 11.9 Å². The van der Waals surface area contributed by atoms with Gasteiger partial charge in [-0.3, -0.25) is 0 Å². The van der Waals surface area contributed by atoms with Crippen molar-refractivity contribution in [2.24, 2.45) is 0 Å². The van der Waals surface area contributed by atoms with Gasteiger partial charge in [-0.05, 0) is 35.9 Å². The summed E-state index contributed by atoms with van der Waals surface area (Å²) in [4.78, 5) is 0. The first-order valence-corrected chi connectivity index (χ1v) is 6.86. The highest BCUT2D eigenvalue weighted by Crippen LogP contribution is 2.26. The third kappa shape index (κ3) is 3.93. The Morgan fingerprint density at radius 3 is 2.74 bits per heavy atom. The summed E-state index contributed by atoms with van der Waals surface area (Å²) in [7, 11) is 0. The van der Waals surface area contributed by atoms with Gasteiger partial charge in [0.25, 0.3) is 0 Å². The molecule has 0 heterocycles. The number of anilines is 1. The lowest BCUT2D eigenvalue weighted by Gasteiger charge is -2.14. The fourth-order valence-corrected chi connectivity index (χ4v) is 2.41. The molecule has 2 N–H and O–H groups in total. The van der Waals surface area contributed by atoms with E-state index in [1.165, 1.54) is 12.1 Å². The van der Waals surface area contributed by atoms with Gasteiger partial charge >= 0.3 is 0 Å². The van der Waals surface area contributed by atoms with E-state index >= 15 is 0 Å². The first-order valence-electron chi connectivity index (χ1n) is 5.69. The Hall–Kier alpha value is -1.10. The van der Waals surface area contributed by atoms with Crippen molar-refractivity contribution in [2.45, 2.75) is 6.10 Å². The lowest BCUT2D eigenvalue weighted by atomic mass is 10.1. The quantitative estimate of drug-likeness (QED) is 0.862. The van der Waals surface area contributed by atoms with Crippen molar-refractivity contribution in [1.82, 2.24) is 0 Å². The molecule has 0 fully saturated rings. The molecule has 1 unspecified atom stereocenters. The minimum atomic E-state index is -0.796. The summed E-state index contributed by atoms with van der Waals surface area (Å²) in [6.45, 7) is 0.255. The van der Waals surface area contributed by atoms with Crippen molar-refractivity contribution >= 4 is 33.2 Å². The molecule has 2 aromatic carbocycles. The molecule has 0 spiro atoms. The van der Waals surface area contributed by atoms with E-state index in [0.29, 0.717) is 10.6 Å². The van der Waals surface area contributed by atoms with Crippen LogP contribution in [0.1, 0.15) is 11.7 Å². The van der Waals surface area contributed by atoms with Gasteiger partial charge in [0.15, 0.2) is 0 Å². The van der Waals surface area contributed by atoms with E-state index < -0.39 is 6.10 Å². The number of hydrogen-bond donors (Lipinski definition) is 2. The Morgan fingerprint density at radius 2 is 2.05 bits per heavy atom. The van der Waals surface area contributed by atoms with Gasteiger partial charge in [-0.15, -0.1) is 0 Å². The highest BCUT2D eigenvalue weighted by molar-refractivity contribution is 9.10. The van der Waals surface area contributed by atoms with Crippen LogP contribution in [-0.2, 0) is 0 Å². The van der Waals surface area contributed by atoms with Crippen LogP contribution in [0.25, 0.3) is 0 Å². The molecule has 5 heteroatoms. The van der Waals surface area contributed by atoms with Gasteiger partial charge < -0.3 is 10.4 Å². The summed E-state index contributed by atoms with van der Waals surface area (Å²) in [5, 5.41) is 13.6. The number of rotatable bonds is 4. The van der Waals surface area contributed by atoms with Crippen LogP contribution >= 0.6 is 27.5 Å². The van der Waals surface area contributed by atoms with Crippen LogP contribution in [0.3, 0.4) is 0 Å². The largest absolute Gasteiger partial charge is 0.387 e. The van der Waals surface area contributed by atoms with Crippen LogP contribution in [0.4, 0.5) is 10.1 Å². The van der Waals surface area contributed by atoms with Crippen LogP contribution in [0.2, 0.25) is 5.02 Å². The second kappa shape index (κ2) is 6.37. The van der Waals surface area contributed by atoms with Gasteiger partial charge in [-0.1, -0.05) is 39.7 Å². The van der Waals surface area contributed by atoms with Crippen molar-refractivity contribution in [3.63, 3.8) is 0 Å². The smallest absolute Gasteiger partial charge is 0.123 e. The van der Waals surface area contributed by atoms with Crippen LogP contribution in [0.5, 0.6) is 0 Å². The van der Waals surface area contributed by atoms with Gasteiger partial charge in [0, 0.05) is 11.0 Å². The Morgan fingerprint density at radius 1 is 1.26 bits per heavy atom. The number of aliphatic hydroxyl groups is 1. The number of aliphatic hydroxyl groups excluding tert-OH is 1. The Labute approximate surface area is 124 Å². The zero-order valence-corrected chi connectivity index (χ0v) is 12.2. The van der Waals surface area contributed by atoms with E-state index in [-0.39, 0.29) is 12.4 Å². The molecule has 0 saturated heterocycles. The first kappa shape index (κ1) is 14.3. The SMILES string of the molecule is OC(CNc1ccc(Br)cc1Cl)c1cccc(F)c1. The van der Waals surface area contributed by atoms with E-state index in [4.69, 9.17) is 11.6 Å². The van der Waals surface area contributed by atoms with E-state index in [9.17, 15) is 9.50 Å². The number of hydrogen-bond acceptors (Lipinski definition) is 2. The molecule has 0 bridgehead atoms. The molecule has 2 aromatic rings. The Kier molecular flexibility index (Phi) is 4.80. The summed E-state index contributed by atoms with van der Waals surface area (Å²) in [5.41, 5.74) is 1.25. The lowest BCUT2D eigenvalue weighted by Crippen LogP contribution is -2.12. The minimum Gasteiger partial charge on any atom is -0.387 e. The molecule has 0 amide bonds. The predicted molar refractivity (Wildman–Crippen MR) is 79.0 cm³/mol. The van der Waals surface area contributed by atoms with E-state index in [0.717, 1.165) is 10.2 Å². The molecule has 1 atom stereocenters. The van der Waals surface area contributed by atoms with Gasteiger partial charge in [0.05, 0.1) is 16.8 Å². The zero-order valence-electron chi connectivity index (χ0n) is 9.91. The van der Waals surface area contributed by atoms with E-state index in [1.807, 2.05) is 12.1 Å². The predicted octanol–water partition coefficient (Wildman–Crippen LogP) is 4.39. The van der Waals surface area contributed by atoms with Crippen LogP contribution < -0.4 is 5.32 Å². The minimum absolute atomic E-state index is 0.255. The van der Waals surface area contributed by atoms with E-state index in [2.05, 4.69) is 21.2 Å². The molecule has 19 heavy (non-hydrogen) atoms. The summed E-state index contributed by atoms with van der Waals surface area (Å²) >= 11 is 9.37. The van der Waals surface area contributed by atoms with Crippen LogP contribution in [0, 0.1) is 5.82 Å². The normalized spacial score (nSPS) is 12.2. The maximum Gasteiger partial charge on any atom is 0.123 e. The number of benzene rings is 2. The molecule has 0 aliphatic carbocycles. The van der Waals surface area contributed by atoms with E-state index in [1.54, 1.807) is 18.2 Å². The molecule has 0 saturated carbocycles. The number of halogens is 3. The van der Waals surface area contributed by atoms with Gasteiger partial charge in [-0.2, -0.15) is 0 Å². The molecule has 0 aliphatic rings. The molecular formula is C14H12BrClFNO.